The van der Waals surface area contributed by atoms with Crippen molar-refractivity contribution >= 4 is 8.32 Å². The molecular weight excluding hydrogens is 420 g/mol. The van der Waals surface area contributed by atoms with Crippen molar-refractivity contribution in [3.63, 3.8) is 0 Å². The Kier molecular flexibility index (Phi) is 4.88. The molecule has 180 valence electrons. The molecule has 0 bridgehead atoms. The molecule has 6 atom stereocenters. The van der Waals surface area contributed by atoms with Crippen LogP contribution in [0.2, 0.25) is 19.6 Å². The second-order valence-electron chi connectivity index (χ2n) is 12.8. The zero-order valence-electron chi connectivity index (χ0n) is 20.7. The van der Waals surface area contributed by atoms with Crippen LogP contribution in [0.25, 0.3) is 0 Å². The van der Waals surface area contributed by atoms with E-state index in [4.69, 9.17) is 23.4 Å². The Labute approximate surface area is 194 Å². The molecule has 4 aliphatic carbocycles. The molecule has 2 saturated heterocycles. The lowest BCUT2D eigenvalue weighted by molar-refractivity contribution is -0.474. The van der Waals surface area contributed by atoms with E-state index >= 15 is 0 Å². The van der Waals surface area contributed by atoms with Gasteiger partial charge in [0.2, 0.25) is 19.9 Å². The van der Waals surface area contributed by atoms with Crippen molar-refractivity contribution < 1.29 is 23.4 Å². The van der Waals surface area contributed by atoms with Crippen molar-refractivity contribution in [3.05, 3.63) is 11.8 Å². The fourth-order valence-electron chi connectivity index (χ4n) is 8.86. The summed E-state index contributed by atoms with van der Waals surface area (Å²) in [4.78, 5) is 0. The first kappa shape index (κ1) is 22.1. The highest BCUT2D eigenvalue weighted by Gasteiger charge is 2.79. The summed E-state index contributed by atoms with van der Waals surface area (Å²) in [5.41, 5.74) is 0.225. The van der Waals surface area contributed by atoms with E-state index in [2.05, 4.69) is 39.6 Å². The van der Waals surface area contributed by atoms with E-state index in [0.29, 0.717) is 55.5 Å². The molecule has 0 spiro atoms. The summed E-state index contributed by atoms with van der Waals surface area (Å²) in [6, 6.07) is 0. The molecular formula is C26H42O5Si. The Hall–Kier alpha value is -0.403. The van der Waals surface area contributed by atoms with Crippen molar-refractivity contribution in [2.75, 3.05) is 26.4 Å². The maximum Gasteiger partial charge on any atom is 0.241 e. The standard InChI is InChI=1S/C26H42O5Si/c1-23-10-7-6-8-18(23)16-21(31-32(3,4)5)22-19(23)9-11-24(2)20(22)17-25-26(24,29-14-12-27-25)30-15-13-28-25/h16,18-20,22H,6-15,17H2,1-5H3/t18?,19-,20-,22+,23-,24-,25?,26?/m0/s1. The van der Waals surface area contributed by atoms with Gasteiger partial charge >= 0.3 is 0 Å². The van der Waals surface area contributed by atoms with E-state index in [-0.39, 0.29) is 5.41 Å². The molecule has 0 amide bonds. The minimum absolute atomic E-state index is 0.144. The molecule has 5 nitrogen and oxygen atoms in total. The summed E-state index contributed by atoms with van der Waals surface area (Å²) in [5, 5.41) is 0. The first-order valence-corrected chi connectivity index (χ1v) is 16.5. The molecule has 6 aliphatic rings. The van der Waals surface area contributed by atoms with Crippen LogP contribution >= 0.6 is 0 Å². The van der Waals surface area contributed by atoms with Gasteiger partial charge in [-0.3, -0.25) is 0 Å². The molecule has 0 radical (unpaired) electrons. The van der Waals surface area contributed by atoms with Crippen molar-refractivity contribution in [1.29, 1.82) is 0 Å². The third-order valence-electron chi connectivity index (χ3n) is 10.1. The maximum atomic E-state index is 6.93. The van der Waals surface area contributed by atoms with Crippen molar-refractivity contribution in [2.45, 2.75) is 90.0 Å². The van der Waals surface area contributed by atoms with Crippen LogP contribution in [0.15, 0.2) is 11.8 Å². The minimum Gasteiger partial charge on any atom is -0.547 e. The molecule has 0 aromatic carbocycles. The molecule has 3 saturated carbocycles. The van der Waals surface area contributed by atoms with Crippen molar-refractivity contribution in [2.24, 2.45) is 34.5 Å². The van der Waals surface area contributed by atoms with E-state index in [1.54, 1.807) is 0 Å². The first-order chi connectivity index (χ1) is 15.1. The van der Waals surface area contributed by atoms with Crippen LogP contribution < -0.4 is 0 Å². The minimum atomic E-state index is -1.74. The van der Waals surface area contributed by atoms with E-state index in [1.165, 1.54) is 37.9 Å². The predicted molar refractivity (Wildman–Crippen MR) is 124 cm³/mol. The predicted octanol–water partition coefficient (Wildman–Crippen LogP) is 5.47. The molecule has 1 unspecified atom stereocenters. The summed E-state index contributed by atoms with van der Waals surface area (Å²) in [7, 11) is -1.74. The third kappa shape index (κ3) is 2.76. The number of fused-ring (bicyclic) bond motifs is 5. The fraction of sp³-hybridized carbons (Fsp3) is 0.923. The molecule has 2 aliphatic heterocycles. The zero-order chi connectivity index (χ0) is 22.4. The van der Waals surface area contributed by atoms with E-state index in [9.17, 15) is 0 Å². The zero-order valence-corrected chi connectivity index (χ0v) is 21.7. The molecule has 0 N–H and O–H groups in total. The number of ether oxygens (including phenoxy) is 4. The van der Waals surface area contributed by atoms with Crippen LogP contribution in [-0.2, 0) is 23.4 Å². The van der Waals surface area contributed by atoms with Gasteiger partial charge in [-0.15, -0.1) is 0 Å². The Morgan fingerprint density at radius 3 is 2.25 bits per heavy atom. The van der Waals surface area contributed by atoms with Crippen LogP contribution in [0.4, 0.5) is 0 Å². The van der Waals surface area contributed by atoms with Gasteiger partial charge in [0.15, 0.2) is 0 Å². The number of hydrogen-bond acceptors (Lipinski definition) is 5. The third-order valence-corrected chi connectivity index (χ3v) is 11.0. The highest BCUT2D eigenvalue weighted by atomic mass is 28.4. The lowest BCUT2D eigenvalue weighted by Gasteiger charge is -2.61. The summed E-state index contributed by atoms with van der Waals surface area (Å²) >= 11 is 0. The average molecular weight is 463 g/mol. The smallest absolute Gasteiger partial charge is 0.241 e. The van der Waals surface area contributed by atoms with E-state index < -0.39 is 19.9 Å². The van der Waals surface area contributed by atoms with Gasteiger partial charge < -0.3 is 23.4 Å². The fourth-order valence-corrected chi connectivity index (χ4v) is 9.77. The van der Waals surface area contributed by atoms with Crippen LogP contribution in [0.1, 0.15) is 58.8 Å². The second kappa shape index (κ2) is 7.06. The van der Waals surface area contributed by atoms with Crippen LogP contribution in [0, 0.1) is 34.5 Å². The van der Waals surface area contributed by atoms with Crippen LogP contribution in [0.3, 0.4) is 0 Å². The number of rotatable bonds is 2. The van der Waals surface area contributed by atoms with Gasteiger partial charge in [0.25, 0.3) is 0 Å². The lowest BCUT2D eigenvalue weighted by atomic mass is 9.46. The van der Waals surface area contributed by atoms with Gasteiger partial charge in [0.05, 0.1) is 32.2 Å². The molecule has 0 aromatic heterocycles. The maximum absolute atomic E-state index is 6.93. The summed E-state index contributed by atoms with van der Waals surface area (Å²) in [5.74, 6) is 1.80. The van der Waals surface area contributed by atoms with Gasteiger partial charge in [0, 0.05) is 17.8 Å². The first-order valence-electron chi connectivity index (χ1n) is 13.1. The molecule has 2 heterocycles. The molecule has 5 fully saturated rings. The monoisotopic (exact) mass is 462 g/mol. The molecule has 6 heteroatoms. The Bertz CT molecular complexity index is 793. The van der Waals surface area contributed by atoms with Gasteiger partial charge in [-0.2, -0.15) is 0 Å². The topological polar surface area (TPSA) is 46.2 Å². The summed E-state index contributed by atoms with van der Waals surface area (Å²) in [6.07, 6.45) is 11.1. The van der Waals surface area contributed by atoms with E-state index in [1.807, 2.05) is 0 Å². The van der Waals surface area contributed by atoms with Gasteiger partial charge in [-0.05, 0) is 74.6 Å². The number of allylic oxidation sites excluding steroid dienone is 2. The summed E-state index contributed by atoms with van der Waals surface area (Å²) in [6.45, 7) is 14.3. The highest BCUT2D eigenvalue weighted by Crippen LogP contribution is 2.72. The van der Waals surface area contributed by atoms with Crippen molar-refractivity contribution in [3.8, 4) is 0 Å². The normalized spacial score (nSPS) is 52.6. The van der Waals surface area contributed by atoms with Crippen LogP contribution in [-0.4, -0.2) is 46.3 Å². The highest BCUT2D eigenvalue weighted by molar-refractivity contribution is 6.70. The Balaban J connectivity index is 1.48. The largest absolute Gasteiger partial charge is 0.547 e. The van der Waals surface area contributed by atoms with Gasteiger partial charge in [-0.25, -0.2) is 0 Å². The lowest BCUT2D eigenvalue weighted by Crippen LogP contribution is -2.69. The molecule has 6 rings (SSSR count). The molecule has 0 aromatic rings. The number of hydrogen-bond donors (Lipinski definition) is 0. The quantitative estimate of drug-likeness (QED) is 0.509. The average Bonchev–Trinajstić information content (AvgIpc) is 2.99. The van der Waals surface area contributed by atoms with E-state index in [0.717, 1.165) is 12.8 Å². The molecule has 32 heavy (non-hydrogen) atoms. The van der Waals surface area contributed by atoms with Gasteiger partial charge in [-0.1, -0.05) is 26.7 Å². The van der Waals surface area contributed by atoms with Crippen molar-refractivity contribution in [1.82, 2.24) is 0 Å². The Morgan fingerprint density at radius 2 is 1.56 bits per heavy atom. The SMILES string of the molecule is C[C@]12CCCCC1C=C(O[Si](C)(C)C)[C@@H]1[C@@H]2CC[C@@]2(C)[C@H]1CC13OCCOC12OCCO3. The van der Waals surface area contributed by atoms with Crippen LogP contribution in [0.5, 0.6) is 0 Å². The second-order valence-corrected chi connectivity index (χ2v) is 17.2. The Morgan fingerprint density at radius 1 is 0.875 bits per heavy atom. The summed E-state index contributed by atoms with van der Waals surface area (Å²) < 4.78 is 33.0. The van der Waals surface area contributed by atoms with Gasteiger partial charge in [0.1, 0.15) is 0 Å².